The smallest absolute Gasteiger partial charge is 0.254 e. The van der Waals surface area contributed by atoms with Crippen LogP contribution < -0.4 is 14.8 Å². The second-order valence-electron chi connectivity index (χ2n) is 8.85. The third-order valence-electron chi connectivity index (χ3n) is 6.60. The fourth-order valence-corrected chi connectivity index (χ4v) is 4.58. The van der Waals surface area contributed by atoms with Crippen molar-refractivity contribution in [1.29, 1.82) is 0 Å². The Morgan fingerprint density at radius 3 is 2.47 bits per heavy atom. The number of para-hydroxylation sites is 1. The SMILES string of the molecule is COCCCNC(=O)C1CCN(C(=O)c2cc(-c3ccc(OC)c(OC)c3)nc3ccccc23)CC1. The lowest BCUT2D eigenvalue weighted by Gasteiger charge is -2.31. The number of likely N-dealkylation sites (tertiary alicyclic amines) is 1. The highest BCUT2D eigenvalue weighted by Gasteiger charge is 2.28. The van der Waals surface area contributed by atoms with Crippen molar-refractivity contribution < 1.29 is 23.8 Å². The standard InChI is InChI=1S/C28H33N3O5/c1-34-16-6-13-29-27(32)19-11-14-31(15-12-19)28(33)22-18-24(30-23-8-5-4-7-21(22)23)20-9-10-25(35-2)26(17-20)36-3/h4-5,7-10,17-19H,6,11-16H2,1-3H3,(H,29,32). The van der Waals surface area contributed by atoms with Gasteiger partial charge in [0.05, 0.1) is 31.0 Å². The van der Waals surface area contributed by atoms with Crippen LogP contribution in [0.25, 0.3) is 22.2 Å². The van der Waals surface area contributed by atoms with Gasteiger partial charge in [-0.15, -0.1) is 0 Å². The molecule has 1 fully saturated rings. The number of fused-ring (bicyclic) bond motifs is 1. The van der Waals surface area contributed by atoms with Crippen molar-refractivity contribution in [1.82, 2.24) is 15.2 Å². The number of methoxy groups -OCH3 is 3. The van der Waals surface area contributed by atoms with Crippen molar-refractivity contribution in [2.24, 2.45) is 5.92 Å². The minimum atomic E-state index is -0.0758. The van der Waals surface area contributed by atoms with E-state index in [0.717, 1.165) is 22.9 Å². The molecular weight excluding hydrogens is 458 g/mol. The summed E-state index contributed by atoms with van der Waals surface area (Å²) in [5, 5.41) is 3.79. The minimum absolute atomic E-state index is 0.0470. The zero-order valence-electron chi connectivity index (χ0n) is 21.1. The molecular formula is C28H33N3O5. The summed E-state index contributed by atoms with van der Waals surface area (Å²) < 4.78 is 15.8. The molecule has 8 nitrogen and oxygen atoms in total. The first kappa shape index (κ1) is 25.4. The van der Waals surface area contributed by atoms with E-state index in [-0.39, 0.29) is 17.7 Å². The Hall–Kier alpha value is -3.65. The molecule has 2 amide bonds. The van der Waals surface area contributed by atoms with E-state index in [2.05, 4.69) is 5.32 Å². The average molecular weight is 492 g/mol. The number of piperidine rings is 1. The molecule has 2 aromatic carbocycles. The number of hydrogen-bond acceptors (Lipinski definition) is 6. The van der Waals surface area contributed by atoms with Crippen molar-refractivity contribution in [3.8, 4) is 22.8 Å². The van der Waals surface area contributed by atoms with E-state index < -0.39 is 0 Å². The van der Waals surface area contributed by atoms with Crippen molar-refractivity contribution in [3.63, 3.8) is 0 Å². The van der Waals surface area contributed by atoms with Crippen LogP contribution in [0.2, 0.25) is 0 Å². The molecule has 8 heteroatoms. The quantitative estimate of drug-likeness (QED) is 0.457. The van der Waals surface area contributed by atoms with Crippen molar-refractivity contribution >= 4 is 22.7 Å². The predicted octanol–water partition coefficient (Wildman–Crippen LogP) is 3.92. The lowest BCUT2D eigenvalue weighted by atomic mass is 9.94. The molecule has 4 rings (SSSR count). The van der Waals surface area contributed by atoms with Crippen LogP contribution in [0.4, 0.5) is 0 Å². The van der Waals surface area contributed by atoms with E-state index in [0.29, 0.717) is 61.8 Å². The number of aromatic nitrogens is 1. The Bertz CT molecular complexity index is 1220. The molecule has 1 saturated heterocycles. The fourth-order valence-electron chi connectivity index (χ4n) is 4.58. The summed E-state index contributed by atoms with van der Waals surface area (Å²) in [6.45, 7) is 2.31. The molecule has 0 atom stereocenters. The highest BCUT2D eigenvalue weighted by molar-refractivity contribution is 6.07. The molecule has 0 saturated carbocycles. The second kappa shape index (κ2) is 11.9. The Morgan fingerprint density at radius 2 is 1.75 bits per heavy atom. The lowest BCUT2D eigenvalue weighted by molar-refractivity contribution is -0.126. The first-order valence-electron chi connectivity index (χ1n) is 12.2. The van der Waals surface area contributed by atoms with Crippen LogP contribution in [-0.2, 0) is 9.53 Å². The summed E-state index contributed by atoms with van der Waals surface area (Å²) in [4.78, 5) is 32.8. The first-order chi connectivity index (χ1) is 17.5. The third kappa shape index (κ3) is 5.60. The van der Waals surface area contributed by atoms with Crippen LogP contribution in [0.15, 0.2) is 48.5 Å². The van der Waals surface area contributed by atoms with Crippen molar-refractivity contribution in [2.75, 3.05) is 47.6 Å². The number of hydrogen-bond donors (Lipinski definition) is 1. The molecule has 0 radical (unpaired) electrons. The van der Waals surface area contributed by atoms with Crippen LogP contribution >= 0.6 is 0 Å². The van der Waals surface area contributed by atoms with Gasteiger partial charge in [-0.25, -0.2) is 4.98 Å². The predicted molar refractivity (Wildman–Crippen MR) is 138 cm³/mol. The molecule has 3 aromatic rings. The third-order valence-corrected chi connectivity index (χ3v) is 6.60. The zero-order chi connectivity index (χ0) is 25.5. The topological polar surface area (TPSA) is 90.0 Å². The van der Waals surface area contributed by atoms with Crippen LogP contribution in [0, 0.1) is 5.92 Å². The molecule has 1 aliphatic heterocycles. The number of pyridine rings is 1. The molecule has 190 valence electrons. The van der Waals surface area contributed by atoms with Crippen LogP contribution in [0.5, 0.6) is 11.5 Å². The number of benzene rings is 2. The molecule has 1 aliphatic rings. The zero-order valence-corrected chi connectivity index (χ0v) is 21.1. The van der Waals surface area contributed by atoms with E-state index in [9.17, 15) is 9.59 Å². The summed E-state index contributed by atoms with van der Waals surface area (Å²) in [6, 6.07) is 15.1. The van der Waals surface area contributed by atoms with Gasteiger partial charge < -0.3 is 24.4 Å². The molecule has 0 unspecified atom stereocenters. The number of amides is 2. The number of nitrogens with one attached hydrogen (secondary N) is 1. The van der Waals surface area contributed by atoms with E-state index in [1.54, 1.807) is 21.3 Å². The van der Waals surface area contributed by atoms with Gasteiger partial charge in [0.15, 0.2) is 11.5 Å². The lowest BCUT2D eigenvalue weighted by Crippen LogP contribution is -2.43. The van der Waals surface area contributed by atoms with Gasteiger partial charge in [-0.2, -0.15) is 0 Å². The summed E-state index contributed by atoms with van der Waals surface area (Å²) in [7, 11) is 4.84. The minimum Gasteiger partial charge on any atom is -0.493 e. The maximum atomic E-state index is 13.7. The van der Waals surface area contributed by atoms with E-state index in [1.807, 2.05) is 53.4 Å². The van der Waals surface area contributed by atoms with Gasteiger partial charge in [-0.05, 0) is 49.6 Å². The van der Waals surface area contributed by atoms with Crippen LogP contribution in [0.1, 0.15) is 29.6 Å². The molecule has 1 aromatic heterocycles. The molecule has 0 aliphatic carbocycles. The molecule has 0 bridgehead atoms. The number of nitrogens with zero attached hydrogens (tertiary/aromatic N) is 2. The van der Waals surface area contributed by atoms with Gasteiger partial charge in [-0.1, -0.05) is 18.2 Å². The monoisotopic (exact) mass is 491 g/mol. The van der Waals surface area contributed by atoms with Gasteiger partial charge in [0.25, 0.3) is 5.91 Å². The summed E-state index contributed by atoms with van der Waals surface area (Å²) in [6.07, 6.45) is 2.08. The average Bonchev–Trinajstić information content (AvgIpc) is 2.93. The second-order valence-corrected chi connectivity index (χ2v) is 8.85. The van der Waals surface area contributed by atoms with Crippen LogP contribution in [-0.4, -0.2) is 69.3 Å². The molecule has 36 heavy (non-hydrogen) atoms. The summed E-state index contributed by atoms with van der Waals surface area (Å²) in [5.41, 5.74) is 2.87. The first-order valence-corrected chi connectivity index (χ1v) is 12.2. The highest BCUT2D eigenvalue weighted by Crippen LogP contribution is 2.33. The van der Waals surface area contributed by atoms with Gasteiger partial charge >= 0.3 is 0 Å². The fraction of sp³-hybridized carbons (Fsp3) is 0.393. The Labute approximate surface area is 211 Å². The summed E-state index contributed by atoms with van der Waals surface area (Å²) >= 11 is 0. The maximum absolute atomic E-state index is 13.7. The Kier molecular flexibility index (Phi) is 8.38. The van der Waals surface area contributed by atoms with Gasteiger partial charge in [0.2, 0.25) is 5.91 Å². The highest BCUT2D eigenvalue weighted by atomic mass is 16.5. The molecule has 1 N–H and O–H groups in total. The van der Waals surface area contributed by atoms with Gasteiger partial charge in [0.1, 0.15) is 0 Å². The van der Waals surface area contributed by atoms with Crippen LogP contribution in [0.3, 0.4) is 0 Å². The van der Waals surface area contributed by atoms with Crippen molar-refractivity contribution in [3.05, 3.63) is 54.1 Å². The summed E-state index contributed by atoms with van der Waals surface area (Å²) in [5.74, 6) is 1.16. The molecule has 0 spiro atoms. The van der Waals surface area contributed by atoms with Crippen molar-refractivity contribution in [2.45, 2.75) is 19.3 Å². The molecule has 2 heterocycles. The maximum Gasteiger partial charge on any atom is 0.254 e. The van der Waals surface area contributed by atoms with E-state index in [4.69, 9.17) is 19.2 Å². The number of rotatable bonds is 9. The number of carbonyl (C=O) groups is 2. The Balaban J connectivity index is 1.54. The largest absolute Gasteiger partial charge is 0.493 e. The normalized spacial score (nSPS) is 14.0. The van der Waals surface area contributed by atoms with Gasteiger partial charge in [0, 0.05) is 50.2 Å². The number of carbonyl (C=O) groups excluding carboxylic acids is 2. The van der Waals surface area contributed by atoms with Gasteiger partial charge in [-0.3, -0.25) is 9.59 Å². The van der Waals surface area contributed by atoms with E-state index >= 15 is 0 Å². The number of ether oxygens (including phenoxy) is 3. The Morgan fingerprint density at radius 1 is 1.00 bits per heavy atom. The van der Waals surface area contributed by atoms with E-state index in [1.165, 1.54) is 0 Å².